The second-order valence-electron chi connectivity index (χ2n) is 7.25. The van der Waals surface area contributed by atoms with Gasteiger partial charge in [0.05, 0.1) is 0 Å². The maximum atomic E-state index is 13.2. The lowest BCUT2D eigenvalue weighted by Gasteiger charge is -2.33. The Balaban J connectivity index is 1.77. The molecule has 0 spiro atoms. The normalized spacial score (nSPS) is 23.2. The van der Waals surface area contributed by atoms with E-state index in [2.05, 4.69) is 11.9 Å². The minimum Gasteiger partial charge on any atom is -0.340 e. The van der Waals surface area contributed by atoms with Gasteiger partial charge in [-0.3, -0.25) is 9.59 Å². The average molecular weight is 343 g/mol. The highest BCUT2D eigenvalue weighted by molar-refractivity contribution is 5.88. The van der Waals surface area contributed by atoms with Crippen LogP contribution in [-0.2, 0) is 16.1 Å². The molecular weight excluding hydrogens is 314 g/mol. The molecule has 2 amide bonds. The van der Waals surface area contributed by atoms with Crippen molar-refractivity contribution in [1.82, 2.24) is 14.7 Å². The van der Waals surface area contributed by atoms with Gasteiger partial charge in [0.15, 0.2) is 0 Å². The SMILES string of the molecule is CN1CCCN(C(=O)[C@@H]2CCCCC(=O)N2Cc2ccccc2)CC1. The fourth-order valence-electron chi connectivity index (χ4n) is 3.80. The molecule has 1 aromatic carbocycles. The van der Waals surface area contributed by atoms with Crippen LogP contribution in [0.4, 0.5) is 0 Å². The van der Waals surface area contributed by atoms with E-state index in [0.717, 1.165) is 57.4 Å². The minimum atomic E-state index is -0.307. The van der Waals surface area contributed by atoms with Crippen molar-refractivity contribution >= 4 is 11.8 Å². The number of likely N-dealkylation sites (N-methyl/N-ethyl adjacent to an activating group) is 1. The lowest BCUT2D eigenvalue weighted by Crippen LogP contribution is -2.50. The molecule has 0 saturated carbocycles. The van der Waals surface area contributed by atoms with E-state index in [1.807, 2.05) is 40.1 Å². The van der Waals surface area contributed by atoms with Crippen LogP contribution in [0.1, 0.15) is 37.7 Å². The van der Waals surface area contributed by atoms with Gasteiger partial charge in [-0.15, -0.1) is 0 Å². The van der Waals surface area contributed by atoms with Crippen molar-refractivity contribution in [3.05, 3.63) is 35.9 Å². The summed E-state index contributed by atoms with van der Waals surface area (Å²) in [6, 6.07) is 9.70. The zero-order valence-electron chi connectivity index (χ0n) is 15.2. The highest BCUT2D eigenvalue weighted by Crippen LogP contribution is 2.22. The maximum Gasteiger partial charge on any atom is 0.245 e. The molecule has 1 atom stereocenters. The van der Waals surface area contributed by atoms with Gasteiger partial charge < -0.3 is 14.7 Å². The first-order valence-electron chi connectivity index (χ1n) is 9.46. The van der Waals surface area contributed by atoms with Gasteiger partial charge in [0.25, 0.3) is 0 Å². The Morgan fingerprint density at radius 1 is 1.04 bits per heavy atom. The fraction of sp³-hybridized carbons (Fsp3) is 0.600. The lowest BCUT2D eigenvalue weighted by atomic mass is 10.1. The van der Waals surface area contributed by atoms with E-state index in [9.17, 15) is 9.59 Å². The van der Waals surface area contributed by atoms with Gasteiger partial charge in [0, 0.05) is 32.6 Å². The highest BCUT2D eigenvalue weighted by Gasteiger charge is 2.34. The number of amides is 2. The molecule has 2 aliphatic rings. The number of hydrogen-bond donors (Lipinski definition) is 0. The van der Waals surface area contributed by atoms with Crippen LogP contribution < -0.4 is 0 Å². The third-order valence-corrected chi connectivity index (χ3v) is 5.33. The topological polar surface area (TPSA) is 43.9 Å². The van der Waals surface area contributed by atoms with Crippen LogP contribution in [0.15, 0.2) is 30.3 Å². The molecule has 2 heterocycles. The van der Waals surface area contributed by atoms with Crippen LogP contribution in [0, 0.1) is 0 Å². The summed E-state index contributed by atoms with van der Waals surface area (Å²) in [6.45, 7) is 4.03. The second kappa shape index (κ2) is 8.48. The molecule has 0 aromatic heterocycles. The summed E-state index contributed by atoms with van der Waals surface area (Å²) in [4.78, 5) is 32.0. The van der Waals surface area contributed by atoms with Crippen LogP contribution in [0.5, 0.6) is 0 Å². The number of carbonyl (C=O) groups excluding carboxylic acids is 2. The Hall–Kier alpha value is -1.88. The predicted octanol–water partition coefficient (Wildman–Crippen LogP) is 2.12. The standard InChI is InChI=1S/C20H29N3O2/c1-21-12-7-13-22(15-14-21)20(25)18-10-5-6-11-19(24)23(18)16-17-8-3-2-4-9-17/h2-4,8-9,18H,5-7,10-16H2,1H3/t18-/m0/s1. The molecule has 2 aliphatic heterocycles. The molecule has 136 valence electrons. The molecule has 2 saturated heterocycles. The fourth-order valence-corrected chi connectivity index (χ4v) is 3.80. The molecule has 25 heavy (non-hydrogen) atoms. The molecule has 0 N–H and O–H groups in total. The van der Waals surface area contributed by atoms with E-state index < -0.39 is 0 Å². The van der Waals surface area contributed by atoms with Crippen molar-refractivity contribution in [3.63, 3.8) is 0 Å². The van der Waals surface area contributed by atoms with Crippen molar-refractivity contribution in [2.75, 3.05) is 33.2 Å². The van der Waals surface area contributed by atoms with E-state index in [4.69, 9.17) is 0 Å². The monoisotopic (exact) mass is 343 g/mol. The third kappa shape index (κ3) is 4.60. The van der Waals surface area contributed by atoms with E-state index in [0.29, 0.717) is 13.0 Å². The van der Waals surface area contributed by atoms with Crippen LogP contribution in [-0.4, -0.2) is 65.8 Å². The quantitative estimate of drug-likeness (QED) is 0.844. The summed E-state index contributed by atoms with van der Waals surface area (Å²) in [6.07, 6.45) is 4.17. The Kier molecular flexibility index (Phi) is 6.08. The molecule has 5 heteroatoms. The minimum absolute atomic E-state index is 0.117. The zero-order chi connectivity index (χ0) is 17.6. The van der Waals surface area contributed by atoms with Crippen LogP contribution in [0.25, 0.3) is 0 Å². The second-order valence-corrected chi connectivity index (χ2v) is 7.25. The van der Waals surface area contributed by atoms with Crippen molar-refractivity contribution in [1.29, 1.82) is 0 Å². The number of carbonyl (C=O) groups is 2. The number of nitrogens with zero attached hydrogens (tertiary/aromatic N) is 3. The van der Waals surface area contributed by atoms with Gasteiger partial charge in [-0.25, -0.2) is 0 Å². The Labute approximate surface area is 150 Å². The third-order valence-electron chi connectivity index (χ3n) is 5.33. The Morgan fingerprint density at radius 3 is 2.64 bits per heavy atom. The molecular formula is C20H29N3O2. The summed E-state index contributed by atoms with van der Waals surface area (Å²) in [5.74, 6) is 0.258. The first kappa shape index (κ1) is 17.9. The van der Waals surface area contributed by atoms with Gasteiger partial charge in [-0.2, -0.15) is 0 Å². The maximum absolute atomic E-state index is 13.2. The number of likely N-dealkylation sites (tertiary alicyclic amines) is 1. The van der Waals surface area contributed by atoms with Gasteiger partial charge in [-0.05, 0) is 38.4 Å². The van der Waals surface area contributed by atoms with Crippen LogP contribution in [0.3, 0.4) is 0 Å². The first-order chi connectivity index (χ1) is 12.1. The zero-order valence-corrected chi connectivity index (χ0v) is 15.2. The van der Waals surface area contributed by atoms with Gasteiger partial charge in [-0.1, -0.05) is 36.8 Å². The largest absolute Gasteiger partial charge is 0.340 e. The van der Waals surface area contributed by atoms with E-state index in [1.54, 1.807) is 0 Å². The van der Waals surface area contributed by atoms with Crippen LogP contribution in [0.2, 0.25) is 0 Å². The number of hydrogen-bond acceptors (Lipinski definition) is 3. The van der Waals surface area contributed by atoms with Gasteiger partial charge in [0.2, 0.25) is 11.8 Å². The molecule has 0 aliphatic carbocycles. The Bertz CT molecular complexity index is 590. The van der Waals surface area contributed by atoms with Crippen molar-refractivity contribution in [3.8, 4) is 0 Å². The van der Waals surface area contributed by atoms with E-state index >= 15 is 0 Å². The number of benzene rings is 1. The van der Waals surface area contributed by atoms with Crippen molar-refractivity contribution < 1.29 is 9.59 Å². The summed E-state index contributed by atoms with van der Waals surface area (Å²) < 4.78 is 0. The molecule has 0 bridgehead atoms. The van der Waals surface area contributed by atoms with Gasteiger partial charge >= 0.3 is 0 Å². The summed E-state index contributed by atoms with van der Waals surface area (Å²) >= 11 is 0. The molecule has 5 nitrogen and oxygen atoms in total. The van der Waals surface area contributed by atoms with E-state index in [-0.39, 0.29) is 17.9 Å². The summed E-state index contributed by atoms with van der Waals surface area (Å²) in [5, 5.41) is 0. The van der Waals surface area contributed by atoms with Crippen molar-refractivity contribution in [2.24, 2.45) is 0 Å². The van der Waals surface area contributed by atoms with Gasteiger partial charge in [0.1, 0.15) is 6.04 Å². The van der Waals surface area contributed by atoms with Crippen molar-refractivity contribution in [2.45, 2.75) is 44.7 Å². The molecule has 3 rings (SSSR count). The Morgan fingerprint density at radius 2 is 1.84 bits per heavy atom. The van der Waals surface area contributed by atoms with Crippen LogP contribution >= 0.6 is 0 Å². The lowest BCUT2D eigenvalue weighted by molar-refractivity contribution is -0.145. The smallest absolute Gasteiger partial charge is 0.245 e. The molecule has 0 radical (unpaired) electrons. The molecule has 0 unspecified atom stereocenters. The van der Waals surface area contributed by atoms with E-state index in [1.165, 1.54) is 0 Å². The first-order valence-corrected chi connectivity index (χ1v) is 9.46. The predicted molar refractivity (Wildman–Crippen MR) is 97.9 cm³/mol. The molecule has 2 fully saturated rings. The highest BCUT2D eigenvalue weighted by atomic mass is 16.2. The molecule has 1 aromatic rings. The summed E-state index contributed by atoms with van der Waals surface area (Å²) in [7, 11) is 2.10. The number of rotatable bonds is 3. The average Bonchev–Trinajstić information content (AvgIpc) is 2.94. The summed E-state index contributed by atoms with van der Waals surface area (Å²) in [5.41, 5.74) is 1.09.